The van der Waals surface area contributed by atoms with Crippen molar-refractivity contribution in [2.75, 3.05) is 0 Å². The van der Waals surface area contributed by atoms with E-state index < -0.39 is 11.5 Å². The van der Waals surface area contributed by atoms with Gasteiger partial charge >= 0.3 is 0 Å². The third kappa shape index (κ3) is 1.94. The molecule has 0 unspecified atom stereocenters. The van der Waals surface area contributed by atoms with Crippen LogP contribution in [-0.4, -0.2) is 16.6 Å². The van der Waals surface area contributed by atoms with Crippen LogP contribution in [0.5, 0.6) is 0 Å². The maximum atomic E-state index is 12.9. The number of alkyl halides is 2. The van der Waals surface area contributed by atoms with Crippen molar-refractivity contribution in [3.8, 4) is 0 Å². The lowest BCUT2D eigenvalue weighted by Crippen LogP contribution is -2.44. The molecule has 1 N–H and O–H groups in total. The average molecular weight is 178 g/mol. The quantitative estimate of drug-likeness (QED) is 0.654. The molecule has 0 spiro atoms. The highest BCUT2D eigenvalue weighted by Gasteiger charge is 2.46. The van der Waals surface area contributed by atoms with Gasteiger partial charge in [-0.3, -0.25) is 0 Å². The van der Waals surface area contributed by atoms with Gasteiger partial charge in [-0.15, -0.1) is 0 Å². The molecule has 1 aliphatic rings. The molecule has 0 amide bonds. The van der Waals surface area contributed by atoms with Crippen LogP contribution in [0.4, 0.5) is 8.78 Å². The molecule has 0 saturated heterocycles. The maximum absolute atomic E-state index is 12.9. The minimum atomic E-state index is -2.66. The molecule has 0 aromatic heterocycles. The molecule has 1 atom stereocenters. The summed E-state index contributed by atoms with van der Waals surface area (Å²) >= 11 is 0. The molecule has 0 bridgehead atoms. The molecular formula is C9H16F2O. The predicted octanol–water partition coefficient (Wildman–Crippen LogP) is 2.58. The van der Waals surface area contributed by atoms with E-state index in [0.29, 0.717) is 12.8 Å². The second kappa shape index (κ2) is 2.95. The lowest BCUT2D eigenvalue weighted by atomic mass is 9.75. The number of hydrogen-bond acceptors (Lipinski definition) is 1. The first-order chi connectivity index (χ1) is 5.36. The molecule has 72 valence electrons. The second-order valence-electron chi connectivity index (χ2n) is 4.14. The van der Waals surface area contributed by atoms with E-state index in [1.807, 2.05) is 0 Å². The Morgan fingerprint density at radius 3 is 2.17 bits per heavy atom. The van der Waals surface area contributed by atoms with Crippen LogP contribution in [0.3, 0.4) is 0 Å². The van der Waals surface area contributed by atoms with Crippen LogP contribution in [0.1, 0.15) is 39.5 Å². The number of aliphatic hydroxyl groups is 1. The van der Waals surface area contributed by atoms with Gasteiger partial charge in [0.1, 0.15) is 0 Å². The monoisotopic (exact) mass is 178 g/mol. The minimum absolute atomic E-state index is 0.0674. The van der Waals surface area contributed by atoms with Crippen LogP contribution in [0, 0.1) is 5.92 Å². The van der Waals surface area contributed by atoms with E-state index in [0.717, 1.165) is 0 Å². The zero-order valence-electron chi connectivity index (χ0n) is 7.61. The molecule has 1 saturated carbocycles. The normalized spacial score (nSPS) is 35.5. The first-order valence-electron chi connectivity index (χ1n) is 4.46. The fourth-order valence-electron chi connectivity index (χ4n) is 1.77. The molecule has 12 heavy (non-hydrogen) atoms. The van der Waals surface area contributed by atoms with Crippen LogP contribution >= 0.6 is 0 Å². The van der Waals surface area contributed by atoms with Gasteiger partial charge < -0.3 is 5.11 Å². The maximum Gasteiger partial charge on any atom is 0.250 e. The molecule has 0 aromatic rings. The van der Waals surface area contributed by atoms with E-state index in [1.54, 1.807) is 13.8 Å². The standard InChI is InChI=1S/C9H16F2O/c1-7(2)8(12)4-3-5-9(10,11)6-8/h7,12H,3-6H2,1-2H3/t8-/m1/s1. The van der Waals surface area contributed by atoms with E-state index in [4.69, 9.17) is 0 Å². The highest BCUT2D eigenvalue weighted by molar-refractivity contribution is 4.92. The third-order valence-corrected chi connectivity index (χ3v) is 2.79. The van der Waals surface area contributed by atoms with Gasteiger partial charge in [0.2, 0.25) is 0 Å². The van der Waals surface area contributed by atoms with E-state index in [-0.39, 0.29) is 18.8 Å². The Labute approximate surface area is 71.8 Å². The fourth-order valence-corrected chi connectivity index (χ4v) is 1.77. The Morgan fingerprint density at radius 1 is 1.25 bits per heavy atom. The number of hydrogen-bond donors (Lipinski definition) is 1. The molecular weight excluding hydrogens is 162 g/mol. The van der Waals surface area contributed by atoms with Crippen LogP contribution < -0.4 is 0 Å². The summed E-state index contributed by atoms with van der Waals surface area (Å²) in [6, 6.07) is 0. The van der Waals surface area contributed by atoms with Crippen LogP contribution in [0.2, 0.25) is 0 Å². The molecule has 0 aromatic carbocycles. The Hall–Kier alpha value is -0.180. The highest BCUT2D eigenvalue weighted by atomic mass is 19.3. The lowest BCUT2D eigenvalue weighted by Gasteiger charge is -2.39. The summed E-state index contributed by atoms with van der Waals surface area (Å²) in [6.07, 6.45) is 0.516. The van der Waals surface area contributed by atoms with Gasteiger partial charge in [-0.25, -0.2) is 8.78 Å². The van der Waals surface area contributed by atoms with E-state index in [9.17, 15) is 13.9 Å². The summed E-state index contributed by atoms with van der Waals surface area (Å²) in [5.41, 5.74) is -1.14. The zero-order valence-corrected chi connectivity index (χ0v) is 7.61. The van der Waals surface area contributed by atoms with Gasteiger partial charge in [-0.2, -0.15) is 0 Å². The Kier molecular flexibility index (Phi) is 2.43. The summed E-state index contributed by atoms with van der Waals surface area (Å²) in [5.74, 6) is -2.74. The van der Waals surface area contributed by atoms with E-state index >= 15 is 0 Å². The smallest absolute Gasteiger partial charge is 0.250 e. The predicted molar refractivity (Wildman–Crippen MR) is 43.2 cm³/mol. The molecule has 1 fully saturated rings. The van der Waals surface area contributed by atoms with Crippen molar-refractivity contribution in [2.45, 2.75) is 51.1 Å². The van der Waals surface area contributed by atoms with Gasteiger partial charge in [0, 0.05) is 12.8 Å². The SMILES string of the molecule is CC(C)[C@@]1(O)CCCC(F)(F)C1. The number of rotatable bonds is 1. The molecule has 0 radical (unpaired) electrons. The van der Waals surface area contributed by atoms with Crippen molar-refractivity contribution in [3.63, 3.8) is 0 Å². The van der Waals surface area contributed by atoms with Gasteiger partial charge in [-0.05, 0) is 18.8 Å². The summed E-state index contributed by atoms with van der Waals surface area (Å²) in [7, 11) is 0. The van der Waals surface area contributed by atoms with Crippen molar-refractivity contribution in [1.29, 1.82) is 0 Å². The summed E-state index contributed by atoms with van der Waals surface area (Å²) < 4.78 is 25.8. The van der Waals surface area contributed by atoms with Crippen LogP contribution in [0.25, 0.3) is 0 Å². The van der Waals surface area contributed by atoms with E-state index in [2.05, 4.69) is 0 Å². The van der Waals surface area contributed by atoms with Crippen LogP contribution in [0.15, 0.2) is 0 Å². The summed E-state index contributed by atoms with van der Waals surface area (Å²) in [4.78, 5) is 0. The van der Waals surface area contributed by atoms with Crippen LogP contribution in [-0.2, 0) is 0 Å². The topological polar surface area (TPSA) is 20.2 Å². The largest absolute Gasteiger partial charge is 0.389 e. The lowest BCUT2D eigenvalue weighted by molar-refractivity contribution is -0.142. The molecule has 3 heteroatoms. The third-order valence-electron chi connectivity index (χ3n) is 2.79. The summed E-state index contributed by atoms with van der Waals surface area (Å²) in [5, 5.41) is 9.80. The fraction of sp³-hybridized carbons (Fsp3) is 1.00. The van der Waals surface area contributed by atoms with Gasteiger partial charge in [0.15, 0.2) is 0 Å². The molecule has 1 aliphatic carbocycles. The van der Waals surface area contributed by atoms with Crippen molar-refractivity contribution in [2.24, 2.45) is 5.92 Å². The van der Waals surface area contributed by atoms with Crippen molar-refractivity contribution >= 4 is 0 Å². The first-order valence-corrected chi connectivity index (χ1v) is 4.46. The van der Waals surface area contributed by atoms with Crippen molar-refractivity contribution in [1.82, 2.24) is 0 Å². The Bertz CT molecular complexity index is 168. The zero-order chi connectivity index (χ0) is 9.41. The van der Waals surface area contributed by atoms with Crippen molar-refractivity contribution in [3.05, 3.63) is 0 Å². The van der Waals surface area contributed by atoms with Gasteiger partial charge in [0.25, 0.3) is 5.92 Å². The number of halogens is 2. The Balaban J connectivity index is 2.68. The van der Waals surface area contributed by atoms with Gasteiger partial charge in [-0.1, -0.05) is 13.8 Å². The Morgan fingerprint density at radius 2 is 1.83 bits per heavy atom. The molecule has 1 rings (SSSR count). The van der Waals surface area contributed by atoms with E-state index in [1.165, 1.54) is 0 Å². The average Bonchev–Trinajstić information content (AvgIpc) is 1.83. The highest BCUT2D eigenvalue weighted by Crippen LogP contribution is 2.42. The van der Waals surface area contributed by atoms with Gasteiger partial charge in [0.05, 0.1) is 5.60 Å². The molecule has 1 nitrogen and oxygen atoms in total. The second-order valence-corrected chi connectivity index (χ2v) is 4.14. The summed E-state index contributed by atoms with van der Waals surface area (Å²) in [6.45, 7) is 3.59. The van der Waals surface area contributed by atoms with Crippen molar-refractivity contribution < 1.29 is 13.9 Å². The first kappa shape index (κ1) is 9.90. The minimum Gasteiger partial charge on any atom is -0.389 e. The molecule has 0 aliphatic heterocycles. The molecule has 0 heterocycles.